The van der Waals surface area contributed by atoms with Gasteiger partial charge in [-0.15, -0.1) is 0 Å². The Labute approximate surface area is 121 Å². The molecule has 1 rings (SSSR count). The van der Waals surface area contributed by atoms with Gasteiger partial charge in [-0.05, 0) is 25.5 Å². The average Bonchev–Trinajstić information content (AvgIpc) is 2.83. The summed E-state index contributed by atoms with van der Waals surface area (Å²) in [5.41, 5.74) is 2.52. The van der Waals surface area contributed by atoms with Crippen molar-refractivity contribution < 1.29 is 9.21 Å². The molecule has 0 unspecified atom stereocenters. The summed E-state index contributed by atoms with van der Waals surface area (Å²) in [7, 11) is 0. The number of amides is 1. The Bertz CT molecular complexity index is 410. The molecule has 0 spiro atoms. The van der Waals surface area contributed by atoms with Crippen molar-refractivity contribution in [1.82, 2.24) is 5.43 Å². The first-order valence-electron chi connectivity index (χ1n) is 7.60. The van der Waals surface area contributed by atoms with Gasteiger partial charge in [-0.2, -0.15) is 5.10 Å². The lowest BCUT2D eigenvalue weighted by molar-refractivity contribution is -0.121. The van der Waals surface area contributed by atoms with Crippen LogP contribution in [0.4, 0.5) is 0 Å². The predicted molar refractivity (Wildman–Crippen MR) is 81.8 cm³/mol. The second kappa shape index (κ2) is 10.2. The number of hydrogen-bond donors (Lipinski definition) is 1. The van der Waals surface area contributed by atoms with Crippen molar-refractivity contribution in [3.8, 4) is 0 Å². The van der Waals surface area contributed by atoms with Crippen molar-refractivity contribution in [3.63, 3.8) is 0 Å². The molecule has 4 nitrogen and oxygen atoms in total. The van der Waals surface area contributed by atoms with Crippen molar-refractivity contribution >= 4 is 12.1 Å². The molecule has 0 radical (unpaired) electrons. The highest BCUT2D eigenvalue weighted by Crippen LogP contribution is 2.08. The number of rotatable bonds is 10. The van der Waals surface area contributed by atoms with E-state index in [0.29, 0.717) is 12.2 Å². The fourth-order valence-corrected chi connectivity index (χ4v) is 1.99. The Balaban J connectivity index is 2.01. The molecule has 4 heteroatoms. The summed E-state index contributed by atoms with van der Waals surface area (Å²) in [6.45, 7) is 4.09. The van der Waals surface area contributed by atoms with Gasteiger partial charge in [-0.25, -0.2) is 5.43 Å². The molecule has 1 aromatic heterocycles. The van der Waals surface area contributed by atoms with Crippen molar-refractivity contribution in [1.29, 1.82) is 0 Å². The maximum absolute atomic E-state index is 11.5. The first-order valence-corrected chi connectivity index (χ1v) is 7.60. The Hall–Kier alpha value is -1.58. The van der Waals surface area contributed by atoms with Crippen molar-refractivity contribution in [2.45, 2.75) is 65.2 Å². The number of nitrogens with one attached hydrogen (secondary N) is 1. The normalized spacial score (nSPS) is 11.1. The van der Waals surface area contributed by atoms with Crippen LogP contribution in [0.2, 0.25) is 0 Å². The van der Waals surface area contributed by atoms with Crippen LogP contribution < -0.4 is 5.43 Å². The summed E-state index contributed by atoms with van der Waals surface area (Å²) in [4.78, 5) is 11.5. The van der Waals surface area contributed by atoms with Crippen LogP contribution >= 0.6 is 0 Å². The van der Waals surface area contributed by atoms with Gasteiger partial charge in [0.1, 0.15) is 11.5 Å². The summed E-state index contributed by atoms with van der Waals surface area (Å²) in [6, 6.07) is 3.68. The van der Waals surface area contributed by atoms with Crippen molar-refractivity contribution in [2.75, 3.05) is 0 Å². The third-order valence-corrected chi connectivity index (χ3v) is 3.15. The third-order valence-electron chi connectivity index (χ3n) is 3.15. The Kier molecular flexibility index (Phi) is 8.43. The minimum Gasteiger partial charge on any atom is -0.460 e. The molecule has 112 valence electrons. The van der Waals surface area contributed by atoms with E-state index in [2.05, 4.69) is 17.5 Å². The Morgan fingerprint density at radius 1 is 1.20 bits per heavy atom. The highest BCUT2D eigenvalue weighted by Gasteiger charge is 1.99. The maximum atomic E-state index is 11.5. The number of carbonyl (C=O) groups excluding carboxylic acids is 1. The molecule has 0 atom stereocenters. The molecule has 0 aliphatic heterocycles. The van der Waals surface area contributed by atoms with Crippen LogP contribution in [0.1, 0.15) is 69.8 Å². The van der Waals surface area contributed by atoms with E-state index in [1.165, 1.54) is 38.3 Å². The first-order chi connectivity index (χ1) is 9.72. The minimum atomic E-state index is -0.0295. The molecule has 0 aromatic carbocycles. The van der Waals surface area contributed by atoms with Gasteiger partial charge in [0.15, 0.2) is 0 Å². The second-order valence-electron chi connectivity index (χ2n) is 5.11. The second-order valence-corrected chi connectivity index (χ2v) is 5.11. The summed E-state index contributed by atoms with van der Waals surface area (Å²) < 4.78 is 5.31. The minimum absolute atomic E-state index is 0.0295. The molecule has 1 amide bonds. The third kappa shape index (κ3) is 7.77. The number of unbranched alkanes of at least 4 members (excludes halogenated alkanes) is 6. The predicted octanol–water partition coefficient (Wildman–Crippen LogP) is 4.18. The smallest absolute Gasteiger partial charge is 0.240 e. The number of nitrogens with zero attached hydrogens (tertiary/aromatic N) is 1. The first kappa shape index (κ1) is 16.5. The molecule has 0 saturated heterocycles. The van der Waals surface area contributed by atoms with Gasteiger partial charge >= 0.3 is 0 Å². The molecule has 0 bridgehead atoms. The van der Waals surface area contributed by atoms with E-state index >= 15 is 0 Å². The molecule has 0 fully saturated rings. The lowest BCUT2D eigenvalue weighted by Crippen LogP contribution is -2.16. The molecular formula is C16H26N2O2. The Morgan fingerprint density at radius 3 is 2.55 bits per heavy atom. The molecular weight excluding hydrogens is 252 g/mol. The molecule has 0 aliphatic rings. The van der Waals surface area contributed by atoms with Gasteiger partial charge in [0.25, 0.3) is 0 Å². The summed E-state index contributed by atoms with van der Waals surface area (Å²) in [6.07, 6.45) is 10.5. The quantitative estimate of drug-likeness (QED) is 0.396. The average molecular weight is 278 g/mol. The van der Waals surface area contributed by atoms with Gasteiger partial charge in [-0.1, -0.05) is 45.4 Å². The summed E-state index contributed by atoms with van der Waals surface area (Å²) >= 11 is 0. The standard InChI is InChI=1S/C16H26N2O2/c1-3-4-5-6-7-8-9-10-16(19)18-17-13-15-12-11-14(2)20-15/h11-13H,3-10H2,1-2H3,(H,18,19)/b17-13+. The number of aryl methyl sites for hydroxylation is 1. The fraction of sp³-hybridized carbons (Fsp3) is 0.625. The van der Waals surface area contributed by atoms with Gasteiger partial charge in [-0.3, -0.25) is 4.79 Å². The maximum Gasteiger partial charge on any atom is 0.240 e. The van der Waals surface area contributed by atoms with Gasteiger partial charge in [0, 0.05) is 6.42 Å². The number of hydrogen-bond acceptors (Lipinski definition) is 3. The molecule has 20 heavy (non-hydrogen) atoms. The fourth-order valence-electron chi connectivity index (χ4n) is 1.99. The molecule has 1 N–H and O–H groups in total. The van der Waals surface area contributed by atoms with E-state index in [9.17, 15) is 4.79 Å². The van der Waals surface area contributed by atoms with Crippen molar-refractivity contribution in [2.24, 2.45) is 5.10 Å². The molecule has 1 heterocycles. The van der Waals surface area contributed by atoms with Crippen molar-refractivity contribution in [3.05, 3.63) is 23.7 Å². The van der Waals surface area contributed by atoms with E-state index in [-0.39, 0.29) is 5.91 Å². The van der Waals surface area contributed by atoms with Gasteiger partial charge in [0.2, 0.25) is 5.91 Å². The van der Waals surface area contributed by atoms with Crippen LogP contribution in [-0.4, -0.2) is 12.1 Å². The number of furan rings is 1. The van der Waals surface area contributed by atoms with Crippen LogP contribution in [-0.2, 0) is 4.79 Å². The molecule has 0 saturated carbocycles. The van der Waals surface area contributed by atoms with Crippen LogP contribution in [0.5, 0.6) is 0 Å². The van der Waals surface area contributed by atoms with Gasteiger partial charge in [0.05, 0.1) is 6.21 Å². The highest BCUT2D eigenvalue weighted by atomic mass is 16.3. The van der Waals surface area contributed by atoms with E-state index < -0.39 is 0 Å². The van der Waals surface area contributed by atoms with Crippen LogP contribution in [0.25, 0.3) is 0 Å². The highest BCUT2D eigenvalue weighted by molar-refractivity contribution is 5.80. The van der Waals surface area contributed by atoms with Gasteiger partial charge < -0.3 is 4.42 Å². The van der Waals surface area contributed by atoms with E-state index in [0.717, 1.165) is 18.6 Å². The van der Waals surface area contributed by atoms with E-state index in [4.69, 9.17) is 4.42 Å². The monoisotopic (exact) mass is 278 g/mol. The summed E-state index contributed by atoms with van der Waals surface area (Å²) in [5, 5.41) is 3.88. The van der Waals surface area contributed by atoms with E-state index in [1.54, 1.807) is 0 Å². The zero-order valence-corrected chi connectivity index (χ0v) is 12.7. The summed E-state index contributed by atoms with van der Waals surface area (Å²) in [5.74, 6) is 1.46. The zero-order chi connectivity index (χ0) is 14.6. The molecule has 0 aliphatic carbocycles. The largest absolute Gasteiger partial charge is 0.460 e. The number of carbonyl (C=O) groups is 1. The zero-order valence-electron chi connectivity index (χ0n) is 12.7. The van der Waals surface area contributed by atoms with Crippen LogP contribution in [0.15, 0.2) is 21.7 Å². The SMILES string of the molecule is CCCCCCCCCC(=O)N/N=C/c1ccc(C)o1. The van der Waals surface area contributed by atoms with Crippen LogP contribution in [0.3, 0.4) is 0 Å². The van der Waals surface area contributed by atoms with E-state index in [1.807, 2.05) is 19.1 Å². The topological polar surface area (TPSA) is 54.6 Å². The Morgan fingerprint density at radius 2 is 1.90 bits per heavy atom. The van der Waals surface area contributed by atoms with Crippen LogP contribution in [0, 0.1) is 6.92 Å². The lowest BCUT2D eigenvalue weighted by atomic mass is 10.1. The number of hydrazone groups is 1. The molecule has 1 aromatic rings. The lowest BCUT2D eigenvalue weighted by Gasteiger charge is -2.01.